The van der Waals surface area contributed by atoms with E-state index in [1.54, 1.807) is 0 Å². The Morgan fingerprint density at radius 2 is 0.794 bits per heavy atom. The summed E-state index contributed by atoms with van der Waals surface area (Å²) in [5, 5.41) is 0. The van der Waals surface area contributed by atoms with Crippen LogP contribution < -0.4 is 5.73 Å². The van der Waals surface area contributed by atoms with E-state index in [0.29, 0.717) is 13.0 Å². The van der Waals surface area contributed by atoms with Crippen LogP contribution in [0.1, 0.15) is 277 Å². The minimum Gasteiger partial charge on any atom is -0.457 e. The lowest BCUT2D eigenvalue weighted by Crippen LogP contribution is -2.28. The number of allylic oxidation sites excluding steroid dienone is 4. The molecule has 0 spiro atoms. The van der Waals surface area contributed by atoms with Crippen molar-refractivity contribution in [1.82, 2.24) is 0 Å². The molecule has 0 bridgehead atoms. The fourth-order valence-electron chi connectivity index (χ4n) is 8.05. The first kappa shape index (κ1) is 62.0. The Balaban J connectivity index is 3.86. The van der Waals surface area contributed by atoms with E-state index in [1.807, 2.05) is 0 Å². The topological polar surface area (TPSA) is 117 Å². The predicted octanol–water partition coefficient (Wildman–Crippen LogP) is 17.2. The van der Waals surface area contributed by atoms with Crippen molar-refractivity contribution in [2.45, 2.75) is 283 Å². The van der Waals surface area contributed by atoms with Crippen LogP contribution in [0.25, 0.3) is 0 Å². The van der Waals surface area contributed by atoms with Crippen molar-refractivity contribution in [3.8, 4) is 0 Å². The van der Waals surface area contributed by atoms with Crippen molar-refractivity contribution < 1.29 is 32.8 Å². The van der Waals surface area contributed by atoms with E-state index in [9.17, 15) is 14.3 Å². The predicted molar refractivity (Wildman–Crippen MR) is 270 cm³/mol. The average molecular weight is 912 g/mol. The second-order valence-electron chi connectivity index (χ2n) is 18.4. The molecule has 0 radical (unpaired) electrons. The Morgan fingerprint density at radius 1 is 0.460 bits per heavy atom. The molecule has 374 valence electrons. The summed E-state index contributed by atoms with van der Waals surface area (Å²) in [6.07, 6.45) is 60.8. The lowest BCUT2D eigenvalue weighted by Gasteiger charge is -2.20. The van der Waals surface area contributed by atoms with Crippen molar-refractivity contribution in [2.75, 3.05) is 33.0 Å². The summed E-state index contributed by atoms with van der Waals surface area (Å²) in [7, 11) is -4.28. The number of phosphoric acid groups is 1. The van der Waals surface area contributed by atoms with Gasteiger partial charge in [0.25, 0.3) is 0 Å². The number of carbonyl (C=O) groups is 1. The fourth-order valence-corrected chi connectivity index (χ4v) is 8.81. The fraction of sp³-hybridized carbons (Fsp3) is 0.907. The number of ether oxygens (including phenoxy) is 2. The van der Waals surface area contributed by atoms with Crippen LogP contribution in [0.4, 0.5) is 0 Å². The molecule has 8 nitrogen and oxygen atoms in total. The van der Waals surface area contributed by atoms with Gasteiger partial charge in [0.2, 0.25) is 0 Å². The number of nitrogens with two attached hydrogens (primary N) is 1. The molecule has 0 aliphatic rings. The van der Waals surface area contributed by atoms with Crippen molar-refractivity contribution in [3.63, 3.8) is 0 Å². The third-order valence-corrected chi connectivity index (χ3v) is 13.1. The van der Waals surface area contributed by atoms with Crippen LogP contribution in [0.3, 0.4) is 0 Å². The van der Waals surface area contributed by atoms with Gasteiger partial charge in [-0.15, -0.1) is 0 Å². The molecule has 3 N–H and O–H groups in total. The number of unbranched alkanes of at least 4 members (excludes halogenated alkanes) is 36. The third kappa shape index (κ3) is 51.8. The third-order valence-electron chi connectivity index (χ3n) is 12.1. The Hall–Kier alpha value is -1.02. The molecule has 0 fully saturated rings. The zero-order valence-corrected chi connectivity index (χ0v) is 42.7. The molecule has 63 heavy (non-hydrogen) atoms. The van der Waals surface area contributed by atoms with E-state index in [2.05, 4.69) is 38.2 Å². The Kier molecular flexibility index (Phi) is 51.1. The van der Waals surface area contributed by atoms with Gasteiger partial charge in [0.1, 0.15) is 6.10 Å². The minimum absolute atomic E-state index is 0.0941. The maximum atomic E-state index is 12.7. The van der Waals surface area contributed by atoms with Gasteiger partial charge in [0.15, 0.2) is 0 Å². The molecule has 0 aromatic heterocycles. The number of hydrogen-bond donors (Lipinski definition) is 2. The number of esters is 1. The van der Waals surface area contributed by atoms with Crippen molar-refractivity contribution in [1.29, 1.82) is 0 Å². The Morgan fingerprint density at radius 3 is 1.16 bits per heavy atom. The summed E-state index contributed by atoms with van der Waals surface area (Å²) >= 11 is 0. The van der Waals surface area contributed by atoms with Crippen LogP contribution in [0, 0.1) is 0 Å². The molecular weight excluding hydrogens is 806 g/mol. The first-order chi connectivity index (χ1) is 30.9. The molecular formula is C54H106NO7P. The lowest BCUT2D eigenvalue weighted by atomic mass is 10.0. The largest absolute Gasteiger partial charge is 0.472 e. The van der Waals surface area contributed by atoms with Gasteiger partial charge >= 0.3 is 13.8 Å². The van der Waals surface area contributed by atoms with Gasteiger partial charge < -0.3 is 20.1 Å². The molecule has 0 rings (SSSR count). The zero-order valence-electron chi connectivity index (χ0n) is 41.8. The van der Waals surface area contributed by atoms with E-state index in [1.165, 1.54) is 225 Å². The van der Waals surface area contributed by atoms with Gasteiger partial charge in [-0.25, -0.2) is 4.57 Å². The highest BCUT2D eigenvalue weighted by atomic mass is 31.2. The highest BCUT2D eigenvalue weighted by Crippen LogP contribution is 2.43. The van der Waals surface area contributed by atoms with E-state index in [4.69, 9.17) is 24.3 Å². The van der Waals surface area contributed by atoms with Crippen molar-refractivity contribution in [3.05, 3.63) is 24.3 Å². The number of carbonyl (C=O) groups excluding carboxylic acids is 1. The smallest absolute Gasteiger partial charge is 0.457 e. The second-order valence-corrected chi connectivity index (χ2v) is 19.9. The molecule has 2 unspecified atom stereocenters. The second kappa shape index (κ2) is 52.0. The number of phosphoric ester groups is 1. The van der Waals surface area contributed by atoms with E-state index in [0.717, 1.165) is 32.1 Å². The maximum absolute atomic E-state index is 12.7. The molecule has 2 atom stereocenters. The summed E-state index contributed by atoms with van der Waals surface area (Å²) in [6.45, 7) is 4.97. The molecule has 0 saturated heterocycles. The first-order valence-corrected chi connectivity index (χ1v) is 28.8. The van der Waals surface area contributed by atoms with Gasteiger partial charge in [0, 0.05) is 19.6 Å². The SMILES string of the molecule is CCCCCCCCC/C=C\CCCCCCCCCC(=O)OC(COCCCCCCCCCCCCCCCC/C=C\CCCCCCCCCC)COP(=O)(O)OCCN. The van der Waals surface area contributed by atoms with Gasteiger partial charge in [-0.05, 0) is 64.2 Å². The van der Waals surface area contributed by atoms with E-state index >= 15 is 0 Å². The molecule has 0 aliphatic carbocycles. The van der Waals surface area contributed by atoms with Crippen LogP contribution in [0.15, 0.2) is 24.3 Å². The van der Waals surface area contributed by atoms with E-state index in [-0.39, 0.29) is 32.3 Å². The maximum Gasteiger partial charge on any atom is 0.472 e. The molecule has 9 heteroatoms. The number of hydrogen-bond acceptors (Lipinski definition) is 7. The molecule has 0 heterocycles. The average Bonchev–Trinajstić information content (AvgIpc) is 3.28. The molecule has 0 aromatic carbocycles. The van der Waals surface area contributed by atoms with Crippen LogP contribution in [-0.4, -0.2) is 49.9 Å². The van der Waals surface area contributed by atoms with Crippen LogP contribution >= 0.6 is 7.82 Å². The van der Waals surface area contributed by atoms with E-state index < -0.39 is 13.9 Å². The van der Waals surface area contributed by atoms with Crippen molar-refractivity contribution in [2.24, 2.45) is 5.73 Å². The van der Waals surface area contributed by atoms with Gasteiger partial charge in [-0.2, -0.15) is 0 Å². The molecule has 0 aromatic rings. The Labute approximate surface area is 391 Å². The summed E-state index contributed by atoms with van der Waals surface area (Å²) < 4.78 is 33.6. The first-order valence-electron chi connectivity index (χ1n) is 27.3. The summed E-state index contributed by atoms with van der Waals surface area (Å²) in [4.78, 5) is 22.6. The van der Waals surface area contributed by atoms with Crippen molar-refractivity contribution >= 4 is 13.8 Å². The van der Waals surface area contributed by atoms with Crippen LogP contribution in [-0.2, 0) is 27.9 Å². The normalized spacial score (nSPS) is 13.4. The summed E-state index contributed by atoms with van der Waals surface area (Å²) in [5.41, 5.74) is 5.39. The monoisotopic (exact) mass is 912 g/mol. The van der Waals surface area contributed by atoms with Crippen LogP contribution in [0.2, 0.25) is 0 Å². The Bertz CT molecular complexity index is 1020. The summed E-state index contributed by atoms with van der Waals surface area (Å²) in [5.74, 6) is -0.329. The number of rotatable bonds is 53. The highest BCUT2D eigenvalue weighted by Gasteiger charge is 2.25. The van der Waals surface area contributed by atoms with Gasteiger partial charge in [-0.3, -0.25) is 13.8 Å². The molecule has 0 aliphatic heterocycles. The summed E-state index contributed by atoms with van der Waals surface area (Å²) in [6, 6.07) is 0. The minimum atomic E-state index is -4.28. The lowest BCUT2D eigenvalue weighted by molar-refractivity contribution is -0.154. The standard InChI is InChI=1S/C54H106NO7P/c1-3-5-7-9-11-13-15-17-19-21-23-24-25-26-27-28-29-30-32-34-36-38-40-42-44-46-49-59-51-53(52-61-63(57,58)60-50-48-55)62-54(56)47-45-43-41-39-37-35-33-31-22-20-18-16-14-12-10-8-6-4-2/h20-23,53H,3-19,24-52,55H2,1-2H3,(H,57,58)/b22-20-,23-21-. The highest BCUT2D eigenvalue weighted by molar-refractivity contribution is 7.47. The zero-order chi connectivity index (χ0) is 45.8. The molecule has 0 amide bonds. The van der Waals surface area contributed by atoms with Gasteiger partial charge in [0.05, 0.1) is 19.8 Å². The molecule has 0 saturated carbocycles. The van der Waals surface area contributed by atoms with Crippen LogP contribution in [0.5, 0.6) is 0 Å². The van der Waals surface area contributed by atoms with Gasteiger partial charge in [-0.1, -0.05) is 231 Å². The quantitative estimate of drug-likeness (QED) is 0.0268.